The molecule has 0 N–H and O–H groups in total. The van der Waals surface area contributed by atoms with Crippen molar-refractivity contribution in [1.29, 1.82) is 0 Å². The summed E-state index contributed by atoms with van der Waals surface area (Å²) in [5.74, 6) is 3.96. The molecule has 2 heteroatoms. The zero-order chi connectivity index (χ0) is 14.8. The van der Waals surface area contributed by atoms with Gasteiger partial charge in [-0.05, 0) is 92.3 Å². The van der Waals surface area contributed by atoms with Gasteiger partial charge >= 0.3 is 0 Å². The van der Waals surface area contributed by atoms with E-state index in [2.05, 4.69) is 13.8 Å². The molecule has 0 aromatic heterocycles. The third-order valence-corrected chi connectivity index (χ3v) is 9.91. The van der Waals surface area contributed by atoms with Gasteiger partial charge < -0.3 is 0 Å². The second kappa shape index (κ2) is 5.10. The highest BCUT2D eigenvalue weighted by Gasteiger charge is 2.59. The summed E-state index contributed by atoms with van der Waals surface area (Å²) in [5.41, 5.74) is 1.19. The van der Waals surface area contributed by atoms with Crippen molar-refractivity contribution < 1.29 is 0 Å². The number of fused-ring (bicyclic) bond motifs is 5. The van der Waals surface area contributed by atoms with Crippen LogP contribution < -0.4 is 0 Å². The molecule has 21 heavy (non-hydrogen) atoms. The Bertz CT molecular complexity index is 422. The van der Waals surface area contributed by atoms with Gasteiger partial charge in [-0.25, -0.2) is 0 Å². The molecule has 0 amide bonds. The van der Waals surface area contributed by atoms with Crippen LogP contribution in [-0.2, 0) is 0 Å². The predicted octanol–water partition coefficient (Wildman–Crippen LogP) is 5.63. The van der Waals surface area contributed by atoms with E-state index >= 15 is 0 Å². The molecule has 0 nitrogen and oxygen atoms in total. The summed E-state index contributed by atoms with van der Waals surface area (Å²) in [6.07, 6.45) is 12.9. The van der Waals surface area contributed by atoms with Gasteiger partial charge in [0.2, 0.25) is 0 Å². The van der Waals surface area contributed by atoms with E-state index in [-0.39, 0.29) is 0 Å². The lowest BCUT2D eigenvalue weighted by Crippen LogP contribution is -2.53. The highest BCUT2D eigenvalue weighted by atomic mass is 32.1. The Morgan fingerprint density at radius 1 is 0.762 bits per heavy atom. The molecule has 0 bridgehead atoms. The van der Waals surface area contributed by atoms with E-state index in [1.807, 2.05) is 0 Å². The summed E-state index contributed by atoms with van der Waals surface area (Å²) < 4.78 is 0. The summed E-state index contributed by atoms with van der Waals surface area (Å²) >= 11 is 9.78. The fraction of sp³-hybridized carbons (Fsp3) is 1.00. The quantitative estimate of drug-likeness (QED) is 0.530. The maximum Gasteiger partial charge on any atom is 0.00735 e. The molecule has 0 aromatic carbocycles. The minimum Gasteiger partial charge on any atom is -0.176 e. The van der Waals surface area contributed by atoms with Crippen molar-refractivity contribution >= 4 is 25.3 Å². The van der Waals surface area contributed by atoms with Crippen LogP contribution in [0.15, 0.2) is 0 Å². The Labute approximate surface area is 142 Å². The molecule has 4 saturated carbocycles. The van der Waals surface area contributed by atoms with Crippen LogP contribution in [0.3, 0.4) is 0 Å². The first-order chi connectivity index (χ1) is 9.95. The fourth-order valence-corrected chi connectivity index (χ4v) is 8.06. The fourth-order valence-electron chi connectivity index (χ4n) is 7.21. The van der Waals surface area contributed by atoms with Crippen LogP contribution in [0.2, 0.25) is 0 Å². The molecule has 0 radical (unpaired) electrons. The van der Waals surface area contributed by atoms with Crippen LogP contribution in [0.5, 0.6) is 0 Å². The van der Waals surface area contributed by atoms with Gasteiger partial charge in [0.15, 0.2) is 0 Å². The van der Waals surface area contributed by atoms with E-state index in [1.54, 1.807) is 0 Å². The van der Waals surface area contributed by atoms with Crippen LogP contribution in [0.4, 0.5) is 0 Å². The summed E-state index contributed by atoms with van der Waals surface area (Å²) in [5, 5.41) is 1.35. The molecule has 0 unspecified atom stereocenters. The summed E-state index contributed by atoms with van der Waals surface area (Å²) in [6, 6.07) is 0. The second-order valence-corrected chi connectivity index (χ2v) is 10.6. The minimum atomic E-state index is 0.550. The molecule has 4 fully saturated rings. The van der Waals surface area contributed by atoms with Crippen molar-refractivity contribution in [2.24, 2.45) is 34.5 Å². The summed E-state index contributed by atoms with van der Waals surface area (Å²) in [7, 11) is 0. The molecule has 4 aliphatic carbocycles. The van der Waals surface area contributed by atoms with Gasteiger partial charge in [0.25, 0.3) is 0 Å². The zero-order valence-electron chi connectivity index (χ0n) is 13.7. The molecule has 0 saturated heterocycles. The lowest BCUT2D eigenvalue weighted by Gasteiger charge is -2.60. The molecule has 4 aliphatic rings. The summed E-state index contributed by atoms with van der Waals surface area (Å²) in [6.45, 7) is 5.22. The number of thiol groups is 2. The average Bonchev–Trinajstić information content (AvgIpc) is 2.76. The third-order valence-electron chi connectivity index (χ3n) is 8.59. The molecular weight excluding hydrogens is 292 g/mol. The van der Waals surface area contributed by atoms with Crippen LogP contribution in [0.1, 0.15) is 71.6 Å². The topological polar surface area (TPSA) is 0 Å². The number of hydrogen-bond donors (Lipinski definition) is 2. The first-order valence-corrected chi connectivity index (χ1v) is 10.3. The molecular formula is C19H32S2. The largest absolute Gasteiger partial charge is 0.176 e. The highest BCUT2D eigenvalue weighted by molar-refractivity contribution is 7.81. The van der Waals surface area contributed by atoms with Crippen molar-refractivity contribution in [3.8, 4) is 0 Å². The smallest absolute Gasteiger partial charge is 0.00735 e. The van der Waals surface area contributed by atoms with E-state index in [1.165, 1.54) is 57.8 Å². The molecule has 0 spiro atoms. The van der Waals surface area contributed by atoms with Gasteiger partial charge in [0.05, 0.1) is 0 Å². The van der Waals surface area contributed by atoms with Crippen molar-refractivity contribution in [1.82, 2.24) is 0 Å². The first-order valence-electron chi connectivity index (χ1n) is 9.31. The Hall–Kier alpha value is 0.700. The van der Waals surface area contributed by atoms with Crippen molar-refractivity contribution in [2.75, 3.05) is 0 Å². The first kappa shape index (κ1) is 15.2. The van der Waals surface area contributed by atoms with E-state index in [0.29, 0.717) is 21.3 Å². The second-order valence-electron chi connectivity index (χ2n) is 9.22. The highest BCUT2D eigenvalue weighted by Crippen LogP contribution is 2.66. The third kappa shape index (κ3) is 2.10. The summed E-state index contributed by atoms with van der Waals surface area (Å²) in [4.78, 5) is 0. The van der Waals surface area contributed by atoms with Crippen molar-refractivity contribution in [3.05, 3.63) is 0 Å². The van der Waals surface area contributed by atoms with Crippen LogP contribution in [-0.4, -0.2) is 10.5 Å². The van der Waals surface area contributed by atoms with Gasteiger partial charge in [-0.1, -0.05) is 13.8 Å². The van der Waals surface area contributed by atoms with E-state index in [0.717, 1.165) is 23.7 Å². The normalized spacial score (nSPS) is 60.0. The van der Waals surface area contributed by atoms with Crippen LogP contribution in [0.25, 0.3) is 0 Å². The molecule has 4 rings (SSSR count). The van der Waals surface area contributed by atoms with Gasteiger partial charge in [0, 0.05) is 10.5 Å². The van der Waals surface area contributed by atoms with Crippen molar-refractivity contribution in [3.63, 3.8) is 0 Å². The Balaban J connectivity index is 1.62. The van der Waals surface area contributed by atoms with Crippen molar-refractivity contribution in [2.45, 2.75) is 82.1 Å². The Kier molecular flexibility index (Phi) is 3.70. The number of rotatable bonds is 0. The maximum atomic E-state index is 4.97. The lowest BCUT2D eigenvalue weighted by molar-refractivity contribution is -0.101. The Morgan fingerprint density at radius 2 is 1.48 bits per heavy atom. The molecule has 0 aromatic rings. The van der Waals surface area contributed by atoms with Crippen LogP contribution >= 0.6 is 25.3 Å². The molecule has 120 valence electrons. The van der Waals surface area contributed by atoms with E-state index < -0.39 is 0 Å². The monoisotopic (exact) mass is 324 g/mol. The average molecular weight is 325 g/mol. The maximum absolute atomic E-state index is 4.97. The number of hydrogen-bond acceptors (Lipinski definition) is 2. The SMILES string of the molecule is C[C@]12CC[C@@H](S)C[C@H]1CC[C@@H]1[C@@H]2CC[C@]2(C)[C@@H](S)CC[C@@H]12. The minimum absolute atomic E-state index is 0.550. The standard InChI is InChI=1S/C19H32S2/c1-18-9-7-13(20)11-12(18)3-4-14-15-5-6-17(21)19(15,2)10-8-16(14)18/h12-17,20-21H,3-11H2,1-2H3/t12-,13-,14+,15+,16+,17+,18+,19+/m1/s1. The van der Waals surface area contributed by atoms with Gasteiger partial charge in [-0.2, -0.15) is 25.3 Å². The van der Waals surface area contributed by atoms with E-state index in [9.17, 15) is 0 Å². The zero-order valence-corrected chi connectivity index (χ0v) is 15.5. The molecule has 0 heterocycles. The van der Waals surface area contributed by atoms with Crippen LogP contribution in [0, 0.1) is 34.5 Å². The molecule has 0 aliphatic heterocycles. The van der Waals surface area contributed by atoms with Gasteiger partial charge in [-0.15, -0.1) is 0 Å². The van der Waals surface area contributed by atoms with Gasteiger partial charge in [0.1, 0.15) is 0 Å². The Morgan fingerprint density at radius 3 is 2.29 bits per heavy atom. The predicted molar refractivity (Wildman–Crippen MR) is 97.3 cm³/mol. The van der Waals surface area contributed by atoms with Gasteiger partial charge in [-0.3, -0.25) is 0 Å². The lowest BCUT2D eigenvalue weighted by atomic mass is 9.45. The van der Waals surface area contributed by atoms with E-state index in [4.69, 9.17) is 25.3 Å². The molecule has 8 atom stereocenters.